The van der Waals surface area contributed by atoms with Gasteiger partial charge in [-0.15, -0.1) is 0 Å². The van der Waals surface area contributed by atoms with Crippen LogP contribution in [0, 0.1) is 0 Å². The summed E-state index contributed by atoms with van der Waals surface area (Å²) in [4.78, 5) is 0. The number of hydrogen-bond donors (Lipinski definition) is 3. The molecule has 3 heteroatoms. The molecule has 0 heterocycles. The van der Waals surface area contributed by atoms with Crippen molar-refractivity contribution in [3.8, 4) is 5.75 Å². The van der Waals surface area contributed by atoms with E-state index in [9.17, 15) is 10.2 Å². The van der Waals surface area contributed by atoms with Crippen molar-refractivity contribution in [1.82, 2.24) is 5.32 Å². The second-order valence-electron chi connectivity index (χ2n) is 5.11. The third-order valence-electron chi connectivity index (χ3n) is 3.32. The summed E-state index contributed by atoms with van der Waals surface area (Å²) in [6, 6.07) is 17.2. The largest absolute Gasteiger partial charge is 0.508 e. The molecule has 0 saturated carbocycles. The average molecular weight is 271 g/mol. The van der Waals surface area contributed by atoms with Gasteiger partial charge in [0.2, 0.25) is 0 Å². The van der Waals surface area contributed by atoms with Gasteiger partial charge < -0.3 is 15.5 Å². The molecule has 2 rings (SSSR count). The van der Waals surface area contributed by atoms with E-state index in [1.54, 1.807) is 24.3 Å². The maximum Gasteiger partial charge on any atom is 0.115 e. The summed E-state index contributed by atoms with van der Waals surface area (Å²) in [5, 5.41) is 22.6. The third-order valence-corrected chi connectivity index (χ3v) is 3.32. The van der Waals surface area contributed by atoms with Crippen LogP contribution in [0.4, 0.5) is 0 Å². The Balaban J connectivity index is 1.81. The Kier molecular flexibility index (Phi) is 5.16. The van der Waals surface area contributed by atoms with E-state index >= 15 is 0 Å². The average Bonchev–Trinajstić information content (AvgIpc) is 2.46. The number of phenolic OH excluding ortho intramolecular Hbond substituents is 1. The molecule has 3 nitrogen and oxygen atoms in total. The standard InChI is InChI=1S/C17H21NO2/c1-13(11-14-5-3-2-4-6-14)18-12-17(20)15-7-9-16(19)10-8-15/h2-10,13,17-20H,11-12H2,1H3/t13-,17+/m1/s1. The predicted octanol–water partition coefficient (Wildman–Crippen LogP) is 2.65. The number of phenols is 1. The van der Waals surface area contributed by atoms with Crippen molar-refractivity contribution in [2.45, 2.75) is 25.5 Å². The van der Waals surface area contributed by atoms with Gasteiger partial charge in [0.15, 0.2) is 0 Å². The molecule has 0 unspecified atom stereocenters. The molecule has 0 fully saturated rings. The Bertz CT molecular complexity index is 510. The molecule has 2 aromatic rings. The first kappa shape index (κ1) is 14.6. The lowest BCUT2D eigenvalue weighted by Crippen LogP contribution is -2.32. The van der Waals surface area contributed by atoms with Crippen LogP contribution in [0.15, 0.2) is 54.6 Å². The van der Waals surface area contributed by atoms with Crippen LogP contribution >= 0.6 is 0 Å². The molecule has 0 amide bonds. The van der Waals surface area contributed by atoms with Crippen LogP contribution < -0.4 is 5.32 Å². The van der Waals surface area contributed by atoms with Crippen molar-refractivity contribution in [2.24, 2.45) is 0 Å². The molecule has 106 valence electrons. The molecule has 0 radical (unpaired) electrons. The van der Waals surface area contributed by atoms with E-state index in [2.05, 4.69) is 24.4 Å². The lowest BCUT2D eigenvalue weighted by molar-refractivity contribution is 0.170. The molecule has 0 aliphatic heterocycles. The van der Waals surface area contributed by atoms with E-state index in [4.69, 9.17) is 0 Å². The van der Waals surface area contributed by atoms with Crippen LogP contribution in [0.2, 0.25) is 0 Å². The fourth-order valence-corrected chi connectivity index (χ4v) is 2.17. The Labute approximate surface area is 119 Å². The van der Waals surface area contributed by atoms with Crippen molar-refractivity contribution in [1.29, 1.82) is 0 Å². The Hall–Kier alpha value is -1.84. The minimum absolute atomic E-state index is 0.214. The Morgan fingerprint density at radius 3 is 2.30 bits per heavy atom. The second kappa shape index (κ2) is 7.08. The topological polar surface area (TPSA) is 52.5 Å². The van der Waals surface area contributed by atoms with Crippen molar-refractivity contribution < 1.29 is 10.2 Å². The predicted molar refractivity (Wildman–Crippen MR) is 80.7 cm³/mol. The molecule has 0 aliphatic carbocycles. The maximum absolute atomic E-state index is 10.1. The monoisotopic (exact) mass is 271 g/mol. The first-order valence-corrected chi connectivity index (χ1v) is 6.89. The van der Waals surface area contributed by atoms with Gasteiger partial charge in [-0.1, -0.05) is 42.5 Å². The number of aromatic hydroxyl groups is 1. The number of benzene rings is 2. The first-order valence-electron chi connectivity index (χ1n) is 6.89. The lowest BCUT2D eigenvalue weighted by Gasteiger charge is -2.17. The minimum Gasteiger partial charge on any atom is -0.508 e. The summed E-state index contributed by atoms with van der Waals surface area (Å²) in [6.45, 7) is 2.61. The molecule has 3 N–H and O–H groups in total. The zero-order valence-electron chi connectivity index (χ0n) is 11.7. The highest BCUT2D eigenvalue weighted by Crippen LogP contribution is 2.16. The van der Waals surface area contributed by atoms with Crippen molar-refractivity contribution in [3.63, 3.8) is 0 Å². The summed E-state index contributed by atoms with van der Waals surface area (Å²) in [6.07, 6.45) is 0.372. The van der Waals surface area contributed by atoms with Crippen LogP contribution in [0.5, 0.6) is 5.75 Å². The van der Waals surface area contributed by atoms with Crippen molar-refractivity contribution >= 4 is 0 Å². The van der Waals surface area contributed by atoms with Gasteiger partial charge in [-0.25, -0.2) is 0 Å². The summed E-state index contributed by atoms with van der Waals surface area (Å²) in [7, 11) is 0. The van der Waals surface area contributed by atoms with Gasteiger partial charge in [-0.2, -0.15) is 0 Å². The lowest BCUT2D eigenvalue weighted by atomic mass is 10.1. The number of aliphatic hydroxyl groups is 1. The highest BCUT2D eigenvalue weighted by molar-refractivity contribution is 5.27. The van der Waals surface area contributed by atoms with Gasteiger partial charge in [0.25, 0.3) is 0 Å². The van der Waals surface area contributed by atoms with Gasteiger partial charge in [0, 0.05) is 12.6 Å². The molecule has 20 heavy (non-hydrogen) atoms. The van der Waals surface area contributed by atoms with Gasteiger partial charge >= 0.3 is 0 Å². The van der Waals surface area contributed by atoms with Gasteiger partial charge in [0.05, 0.1) is 6.10 Å². The number of aliphatic hydroxyl groups excluding tert-OH is 1. The Morgan fingerprint density at radius 2 is 1.65 bits per heavy atom. The summed E-state index contributed by atoms with van der Waals surface area (Å²) < 4.78 is 0. The molecule has 0 saturated heterocycles. The highest BCUT2D eigenvalue weighted by atomic mass is 16.3. The maximum atomic E-state index is 10.1. The van der Waals surface area contributed by atoms with E-state index in [0.29, 0.717) is 12.6 Å². The van der Waals surface area contributed by atoms with Crippen LogP contribution in [0.25, 0.3) is 0 Å². The molecule has 0 aliphatic rings. The van der Waals surface area contributed by atoms with Crippen LogP contribution in [0.1, 0.15) is 24.2 Å². The molecule has 2 aromatic carbocycles. The first-order chi connectivity index (χ1) is 9.65. The molecule has 2 atom stereocenters. The summed E-state index contributed by atoms with van der Waals surface area (Å²) >= 11 is 0. The fourth-order valence-electron chi connectivity index (χ4n) is 2.17. The molecule has 0 aromatic heterocycles. The molecular formula is C17H21NO2. The minimum atomic E-state index is -0.561. The van der Waals surface area contributed by atoms with E-state index in [1.165, 1.54) is 5.56 Å². The normalized spacial score (nSPS) is 13.9. The van der Waals surface area contributed by atoms with Crippen molar-refractivity contribution in [2.75, 3.05) is 6.54 Å². The third kappa shape index (κ3) is 4.37. The molecule has 0 spiro atoms. The number of nitrogens with one attached hydrogen (secondary N) is 1. The van der Waals surface area contributed by atoms with Crippen molar-refractivity contribution in [3.05, 3.63) is 65.7 Å². The number of hydrogen-bond acceptors (Lipinski definition) is 3. The van der Waals surface area contributed by atoms with Gasteiger partial charge in [-0.3, -0.25) is 0 Å². The SMILES string of the molecule is C[C@H](Cc1ccccc1)NC[C@H](O)c1ccc(O)cc1. The smallest absolute Gasteiger partial charge is 0.115 e. The summed E-state index contributed by atoms with van der Waals surface area (Å²) in [5.74, 6) is 0.214. The summed E-state index contributed by atoms with van der Waals surface area (Å²) in [5.41, 5.74) is 2.09. The van der Waals surface area contributed by atoms with E-state index in [1.807, 2.05) is 18.2 Å². The van der Waals surface area contributed by atoms with Crippen LogP contribution in [0.3, 0.4) is 0 Å². The van der Waals surface area contributed by atoms with Crippen LogP contribution in [-0.2, 0) is 6.42 Å². The van der Waals surface area contributed by atoms with E-state index in [-0.39, 0.29) is 5.75 Å². The fraction of sp³-hybridized carbons (Fsp3) is 0.294. The highest BCUT2D eigenvalue weighted by Gasteiger charge is 2.09. The zero-order valence-corrected chi connectivity index (χ0v) is 11.7. The van der Waals surface area contributed by atoms with Gasteiger partial charge in [-0.05, 0) is 36.6 Å². The molecule has 0 bridgehead atoms. The van der Waals surface area contributed by atoms with E-state index in [0.717, 1.165) is 12.0 Å². The zero-order chi connectivity index (χ0) is 14.4. The van der Waals surface area contributed by atoms with Crippen LogP contribution in [-0.4, -0.2) is 22.8 Å². The quantitative estimate of drug-likeness (QED) is 0.757. The van der Waals surface area contributed by atoms with Gasteiger partial charge in [0.1, 0.15) is 5.75 Å². The van der Waals surface area contributed by atoms with E-state index < -0.39 is 6.10 Å². The Morgan fingerprint density at radius 1 is 1.00 bits per heavy atom. The number of rotatable bonds is 6. The second-order valence-corrected chi connectivity index (χ2v) is 5.11. The molecular weight excluding hydrogens is 250 g/mol.